The van der Waals surface area contributed by atoms with E-state index < -0.39 is 5.97 Å². The lowest BCUT2D eigenvalue weighted by molar-refractivity contribution is -0.131. The van der Waals surface area contributed by atoms with Crippen molar-refractivity contribution in [3.63, 3.8) is 0 Å². The van der Waals surface area contributed by atoms with Gasteiger partial charge in [-0.2, -0.15) is 0 Å². The van der Waals surface area contributed by atoms with Gasteiger partial charge in [-0.1, -0.05) is 6.07 Å². The van der Waals surface area contributed by atoms with Crippen molar-refractivity contribution in [3.8, 4) is 0 Å². The Kier molecular flexibility index (Phi) is 4.25. The van der Waals surface area contributed by atoms with E-state index in [4.69, 9.17) is 9.84 Å². The summed E-state index contributed by atoms with van der Waals surface area (Å²) in [6.07, 6.45) is 7.74. The third-order valence-electron chi connectivity index (χ3n) is 4.18. The van der Waals surface area contributed by atoms with Crippen molar-refractivity contribution in [2.45, 2.75) is 31.8 Å². The molecule has 0 spiro atoms. The molecule has 4 nitrogen and oxygen atoms in total. The molecule has 1 N–H and O–H groups in total. The van der Waals surface area contributed by atoms with Crippen LogP contribution in [0.2, 0.25) is 0 Å². The normalized spacial score (nSPS) is 21.7. The van der Waals surface area contributed by atoms with E-state index in [0.717, 1.165) is 44.5 Å². The van der Waals surface area contributed by atoms with E-state index >= 15 is 0 Å². The van der Waals surface area contributed by atoms with Gasteiger partial charge >= 0.3 is 5.97 Å². The third-order valence-corrected chi connectivity index (χ3v) is 4.18. The fourth-order valence-corrected chi connectivity index (χ4v) is 3.19. The number of aliphatic carboxylic acids is 1. The third kappa shape index (κ3) is 3.45. The highest BCUT2D eigenvalue weighted by molar-refractivity contribution is 5.85. The first-order valence-electron chi connectivity index (χ1n) is 7.63. The maximum atomic E-state index is 10.6. The molecule has 1 aromatic rings. The first kappa shape index (κ1) is 14.1. The van der Waals surface area contributed by atoms with Crippen LogP contribution in [0, 0.1) is 0 Å². The molecule has 0 bridgehead atoms. The van der Waals surface area contributed by atoms with E-state index in [1.54, 1.807) is 6.08 Å². The Morgan fingerprint density at radius 2 is 2.33 bits per heavy atom. The standard InChI is InChI=1S/C17H21NO3/c19-17(20)8-6-13-5-7-16-14(11-13)3-1-9-18(16)12-15-4-2-10-21-15/h5-8,11,15H,1-4,9-10,12H2,(H,19,20)/b8-6+. The lowest BCUT2D eigenvalue weighted by Gasteiger charge is -2.33. The van der Waals surface area contributed by atoms with Gasteiger partial charge in [-0.05, 0) is 55.0 Å². The van der Waals surface area contributed by atoms with Gasteiger partial charge in [0, 0.05) is 31.5 Å². The Morgan fingerprint density at radius 1 is 1.43 bits per heavy atom. The largest absolute Gasteiger partial charge is 0.478 e. The summed E-state index contributed by atoms with van der Waals surface area (Å²) < 4.78 is 5.74. The number of hydrogen-bond donors (Lipinski definition) is 1. The average molecular weight is 287 g/mol. The fourth-order valence-electron chi connectivity index (χ4n) is 3.19. The van der Waals surface area contributed by atoms with Crippen molar-refractivity contribution in [1.29, 1.82) is 0 Å². The number of benzene rings is 1. The van der Waals surface area contributed by atoms with Crippen LogP contribution in [0.25, 0.3) is 6.08 Å². The zero-order chi connectivity index (χ0) is 14.7. The fraction of sp³-hybridized carbons (Fsp3) is 0.471. The van der Waals surface area contributed by atoms with E-state index in [9.17, 15) is 4.79 Å². The molecular formula is C17H21NO3. The number of rotatable bonds is 4. The predicted molar refractivity (Wildman–Crippen MR) is 82.6 cm³/mol. The molecule has 1 aromatic carbocycles. The van der Waals surface area contributed by atoms with E-state index in [0.29, 0.717) is 6.10 Å². The van der Waals surface area contributed by atoms with Crippen LogP contribution in [0.1, 0.15) is 30.4 Å². The molecule has 1 unspecified atom stereocenters. The zero-order valence-corrected chi connectivity index (χ0v) is 12.1. The highest BCUT2D eigenvalue weighted by atomic mass is 16.5. The molecular weight excluding hydrogens is 266 g/mol. The van der Waals surface area contributed by atoms with Crippen LogP contribution in [0.15, 0.2) is 24.3 Å². The second-order valence-corrected chi connectivity index (χ2v) is 5.74. The molecule has 4 heteroatoms. The molecule has 3 rings (SSSR count). The van der Waals surface area contributed by atoms with Crippen molar-refractivity contribution in [1.82, 2.24) is 0 Å². The molecule has 0 radical (unpaired) electrons. The zero-order valence-electron chi connectivity index (χ0n) is 12.1. The molecule has 0 amide bonds. The number of hydrogen-bond acceptors (Lipinski definition) is 3. The number of fused-ring (bicyclic) bond motifs is 1. The number of anilines is 1. The summed E-state index contributed by atoms with van der Waals surface area (Å²) in [7, 11) is 0. The Bertz CT molecular complexity index is 547. The Labute approximate surface area is 125 Å². The molecule has 0 saturated carbocycles. The Hall–Kier alpha value is -1.81. The highest BCUT2D eigenvalue weighted by Crippen LogP contribution is 2.29. The summed E-state index contributed by atoms with van der Waals surface area (Å²) in [5, 5.41) is 8.71. The minimum atomic E-state index is -0.910. The second kappa shape index (κ2) is 6.31. The molecule has 0 aromatic heterocycles. The van der Waals surface area contributed by atoms with E-state index in [-0.39, 0.29) is 0 Å². The van der Waals surface area contributed by atoms with Gasteiger partial charge in [0.15, 0.2) is 0 Å². The lowest BCUT2D eigenvalue weighted by Crippen LogP contribution is -2.36. The van der Waals surface area contributed by atoms with Crippen molar-refractivity contribution < 1.29 is 14.6 Å². The second-order valence-electron chi connectivity index (χ2n) is 5.74. The first-order chi connectivity index (χ1) is 10.2. The molecule has 1 atom stereocenters. The van der Waals surface area contributed by atoms with Gasteiger partial charge in [0.2, 0.25) is 0 Å². The van der Waals surface area contributed by atoms with Crippen LogP contribution in [-0.2, 0) is 16.0 Å². The smallest absolute Gasteiger partial charge is 0.328 e. The van der Waals surface area contributed by atoms with Gasteiger partial charge in [-0.15, -0.1) is 0 Å². The van der Waals surface area contributed by atoms with Crippen molar-refractivity contribution >= 4 is 17.7 Å². The summed E-state index contributed by atoms with van der Waals surface area (Å²) in [4.78, 5) is 13.0. The maximum Gasteiger partial charge on any atom is 0.328 e. The van der Waals surface area contributed by atoms with Gasteiger partial charge in [-0.3, -0.25) is 0 Å². The Balaban J connectivity index is 1.76. The van der Waals surface area contributed by atoms with Crippen molar-refractivity contribution in [3.05, 3.63) is 35.4 Å². The van der Waals surface area contributed by atoms with Crippen molar-refractivity contribution in [2.24, 2.45) is 0 Å². The van der Waals surface area contributed by atoms with Crippen LogP contribution >= 0.6 is 0 Å². The summed E-state index contributed by atoms with van der Waals surface area (Å²) in [5.74, 6) is -0.910. The highest BCUT2D eigenvalue weighted by Gasteiger charge is 2.23. The van der Waals surface area contributed by atoms with Crippen LogP contribution in [0.4, 0.5) is 5.69 Å². The number of ether oxygens (including phenoxy) is 1. The Morgan fingerprint density at radius 3 is 3.10 bits per heavy atom. The van der Waals surface area contributed by atoms with Crippen molar-refractivity contribution in [2.75, 3.05) is 24.6 Å². The minimum Gasteiger partial charge on any atom is -0.478 e. The SMILES string of the molecule is O=C(O)/C=C/c1ccc2c(c1)CCCN2CC1CCCO1. The number of carbonyl (C=O) groups is 1. The van der Waals surface area contributed by atoms with E-state index in [2.05, 4.69) is 17.0 Å². The quantitative estimate of drug-likeness (QED) is 0.865. The first-order valence-corrected chi connectivity index (χ1v) is 7.63. The molecule has 1 saturated heterocycles. The van der Waals surface area contributed by atoms with Gasteiger partial charge in [0.25, 0.3) is 0 Å². The number of carboxylic acids is 1. The summed E-state index contributed by atoms with van der Waals surface area (Å²) in [6.45, 7) is 2.94. The van der Waals surface area contributed by atoms with Crippen LogP contribution in [-0.4, -0.2) is 36.9 Å². The molecule has 2 aliphatic heterocycles. The molecule has 1 fully saturated rings. The van der Waals surface area contributed by atoms with Crippen LogP contribution in [0.3, 0.4) is 0 Å². The molecule has 0 aliphatic carbocycles. The lowest BCUT2D eigenvalue weighted by atomic mass is 9.98. The summed E-state index contributed by atoms with van der Waals surface area (Å²) >= 11 is 0. The summed E-state index contributed by atoms with van der Waals surface area (Å²) in [6, 6.07) is 6.22. The number of aryl methyl sites for hydroxylation is 1. The van der Waals surface area contributed by atoms with Crippen LogP contribution in [0.5, 0.6) is 0 Å². The maximum absolute atomic E-state index is 10.6. The van der Waals surface area contributed by atoms with Gasteiger partial charge in [0.05, 0.1) is 6.10 Å². The summed E-state index contributed by atoms with van der Waals surface area (Å²) in [5.41, 5.74) is 3.55. The molecule has 2 aliphatic rings. The number of carboxylic acid groups (broad SMARTS) is 1. The van der Waals surface area contributed by atoms with Gasteiger partial charge in [0.1, 0.15) is 0 Å². The topological polar surface area (TPSA) is 49.8 Å². The van der Waals surface area contributed by atoms with Crippen LogP contribution < -0.4 is 4.90 Å². The van der Waals surface area contributed by atoms with Gasteiger partial charge < -0.3 is 14.7 Å². The monoisotopic (exact) mass is 287 g/mol. The predicted octanol–water partition coefficient (Wildman–Crippen LogP) is 2.72. The van der Waals surface area contributed by atoms with E-state index in [1.165, 1.54) is 23.7 Å². The van der Waals surface area contributed by atoms with E-state index in [1.807, 2.05) is 6.07 Å². The number of nitrogens with zero attached hydrogens (tertiary/aromatic N) is 1. The average Bonchev–Trinajstić information content (AvgIpc) is 2.98. The van der Waals surface area contributed by atoms with Gasteiger partial charge in [-0.25, -0.2) is 4.79 Å². The molecule has 2 heterocycles. The molecule has 21 heavy (non-hydrogen) atoms. The minimum absolute atomic E-state index is 0.363. The molecule has 112 valence electrons.